The Bertz CT molecular complexity index is 1040. The molecule has 2 N–H and O–H groups in total. The van der Waals surface area contributed by atoms with Crippen LogP contribution in [0.15, 0.2) is 48.5 Å². The van der Waals surface area contributed by atoms with E-state index in [9.17, 15) is 14.4 Å². The van der Waals surface area contributed by atoms with Crippen molar-refractivity contribution >= 4 is 18.0 Å². The van der Waals surface area contributed by atoms with Crippen molar-refractivity contribution in [2.24, 2.45) is 5.92 Å². The fourth-order valence-electron chi connectivity index (χ4n) is 5.65. The quantitative estimate of drug-likeness (QED) is 0.568. The zero-order valence-corrected chi connectivity index (χ0v) is 20.4. The van der Waals surface area contributed by atoms with Gasteiger partial charge in [-0.3, -0.25) is 9.59 Å². The number of carbonyl (C=O) groups excluding carboxylic acids is 2. The second-order valence-corrected chi connectivity index (χ2v) is 9.54. The first-order chi connectivity index (χ1) is 16.9. The Morgan fingerprint density at radius 3 is 2.23 bits per heavy atom. The second-order valence-electron chi connectivity index (χ2n) is 9.54. The average Bonchev–Trinajstić information content (AvgIpc) is 3.17. The normalized spacial score (nSPS) is 19.8. The van der Waals surface area contributed by atoms with E-state index in [1.807, 2.05) is 31.2 Å². The van der Waals surface area contributed by atoms with Gasteiger partial charge < -0.3 is 20.1 Å². The molecule has 2 aromatic carbocycles. The maximum Gasteiger partial charge on any atom is 0.407 e. The number of ether oxygens (including phenoxy) is 1. The van der Waals surface area contributed by atoms with Crippen LogP contribution in [0, 0.1) is 5.92 Å². The van der Waals surface area contributed by atoms with Gasteiger partial charge in [0.2, 0.25) is 5.91 Å². The number of rotatable bonds is 8. The van der Waals surface area contributed by atoms with Gasteiger partial charge in [0.25, 0.3) is 0 Å². The summed E-state index contributed by atoms with van der Waals surface area (Å²) in [6.45, 7) is 4.27. The monoisotopic (exact) mass is 478 g/mol. The Morgan fingerprint density at radius 2 is 1.63 bits per heavy atom. The van der Waals surface area contributed by atoms with Crippen LogP contribution in [0.3, 0.4) is 0 Å². The van der Waals surface area contributed by atoms with E-state index < -0.39 is 18.1 Å². The third-order valence-electron chi connectivity index (χ3n) is 7.36. The lowest BCUT2D eigenvalue weighted by Gasteiger charge is -2.36. The van der Waals surface area contributed by atoms with Gasteiger partial charge in [-0.2, -0.15) is 0 Å². The molecule has 1 fully saturated rings. The molecule has 7 heteroatoms. The molecule has 0 aromatic heterocycles. The summed E-state index contributed by atoms with van der Waals surface area (Å²) < 4.78 is 5.70. The van der Waals surface area contributed by atoms with Crippen molar-refractivity contribution in [3.05, 3.63) is 59.7 Å². The number of benzene rings is 2. The Balaban J connectivity index is 1.41. The number of hydrogen-bond acceptors (Lipinski definition) is 4. The highest BCUT2D eigenvalue weighted by Crippen LogP contribution is 2.44. The number of fused-ring (bicyclic) bond motifs is 3. The van der Waals surface area contributed by atoms with E-state index >= 15 is 0 Å². The molecule has 2 aliphatic carbocycles. The first-order valence-corrected chi connectivity index (χ1v) is 12.5. The molecule has 0 heterocycles. The van der Waals surface area contributed by atoms with Gasteiger partial charge in [-0.25, -0.2) is 4.79 Å². The van der Waals surface area contributed by atoms with Gasteiger partial charge in [0.15, 0.2) is 0 Å². The topological polar surface area (TPSA) is 95.9 Å². The van der Waals surface area contributed by atoms with E-state index in [4.69, 9.17) is 9.84 Å². The molecule has 2 amide bonds. The highest BCUT2D eigenvalue weighted by atomic mass is 16.5. The molecule has 7 nitrogen and oxygen atoms in total. The lowest BCUT2D eigenvalue weighted by molar-refractivity contribution is -0.143. The summed E-state index contributed by atoms with van der Waals surface area (Å²) in [5.74, 6) is -1.42. The van der Waals surface area contributed by atoms with Crippen molar-refractivity contribution < 1.29 is 24.2 Å². The molecule has 0 bridgehead atoms. The standard InChI is InChI=1S/C28H34N2O5/c1-3-30(18(2)16-26(31)32)27(33)23-14-8-9-15-25(23)29-28(34)35-17-24-21-12-6-4-10-19(21)20-11-5-7-13-22(20)24/h4-7,10-13,18,23-25H,3,8-9,14-17H2,1-2H3,(H,29,34)(H,31,32). The Hall–Kier alpha value is -3.35. The molecular formula is C28H34N2O5. The van der Waals surface area contributed by atoms with Gasteiger partial charge in [0.1, 0.15) is 6.61 Å². The number of alkyl carbamates (subject to hydrolysis) is 1. The Kier molecular flexibility index (Phi) is 7.73. The third-order valence-corrected chi connectivity index (χ3v) is 7.36. The molecule has 0 spiro atoms. The van der Waals surface area contributed by atoms with Crippen LogP contribution in [0.25, 0.3) is 11.1 Å². The zero-order chi connectivity index (χ0) is 24.9. The van der Waals surface area contributed by atoms with Crippen molar-refractivity contribution in [3.8, 4) is 11.1 Å². The largest absolute Gasteiger partial charge is 0.481 e. The smallest absolute Gasteiger partial charge is 0.407 e. The van der Waals surface area contributed by atoms with Crippen LogP contribution >= 0.6 is 0 Å². The summed E-state index contributed by atoms with van der Waals surface area (Å²) in [5.41, 5.74) is 4.65. The molecule has 4 rings (SSSR count). The van der Waals surface area contributed by atoms with Crippen LogP contribution in [0.2, 0.25) is 0 Å². The van der Waals surface area contributed by atoms with E-state index in [-0.39, 0.29) is 36.8 Å². The molecular weight excluding hydrogens is 444 g/mol. The predicted octanol–water partition coefficient (Wildman–Crippen LogP) is 4.80. The predicted molar refractivity (Wildman–Crippen MR) is 133 cm³/mol. The zero-order valence-electron chi connectivity index (χ0n) is 20.4. The van der Waals surface area contributed by atoms with Crippen molar-refractivity contribution in [1.82, 2.24) is 10.2 Å². The van der Waals surface area contributed by atoms with E-state index in [0.717, 1.165) is 24.0 Å². The molecule has 0 saturated heterocycles. The maximum absolute atomic E-state index is 13.3. The number of aliphatic carboxylic acids is 1. The van der Waals surface area contributed by atoms with Crippen molar-refractivity contribution in [3.63, 3.8) is 0 Å². The first kappa shape index (κ1) is 24.8. The van der Waals surface area contributed by atoms with Crippen molar-refractivity contribution in [2.75, 3.05) is 13.2 Å². The Morgan fingerprint density at radius 1 is 1.03 bits per heavy atom. The lowest BCUT2D eigenvalue weighted by Crippen LogP contribution is -2.51. The number of nitrogens with zero attached hydrogens (tertiary/aromatic N) is 1. The summed E-state index contributed by atoms with van der Waals surface area (Å²) in [6, 6.07) is 15.7. The first-order valence-electron chi connectivity index (χ1n) is 12.5. The molecule has 3 unspecified atom stereocenters. The van der Waals surface area contributed by atoms with Crippen LogP contribution in [0.4, 0.5) is 4.79 Å². The second kappa shape index (κ2) is 10.9. The van der Waals surface area contributed by atoms with E-state index in [0.29, 0.717) is 19.4 Å². The molecule has 3 atom stereocenters. The summed E-state index contributed by atoms with van der Waals surface area (Å²) in [4.78, 5) is 39.0. The summed E-state index contributed by atoms with van der Waals surface area (Å²) in [7, 11) is 0. The number of nitrogens with one attached hydrogen (secondary N) is 1. The van der Waals surface area contributed by atoms with Gasteiger partial charge in [0.05, 0.1) is 12.3 Å². The van der Waals surface area contributed by atoms with Gasteiger partial charge in [-0.15, -0.1) is 0 Å². The van der Waals surface area contributed by atoms with Gasteiger partial charge >= 0.3 is 12.1 Å². The Labute approximate surface area is 206 Å². The molecule has 2 aromatic rings. The number of carboxylic acid groups (broad SMARTS) is 1. The fraction of sp³-hybridized carbons (Fsp3) is 0.464. The minimum atomic E-state index is -0.930. The van der Waals surface area contributed by atoms with Crippen LogP contribution in [-0.2, 0) is 14.3 Å². The molecule has 0 radical (unpaired) electrons. The number of hydrogen-bond donors (Lipinski definition) is 2. The summed E-state index contributed by atoms with van der Waals surface area (Å²) >= 11 is 0. The SMILES string of the molecule is CCN(C(=O)C1CCCCC1NC(=O)OCC1c2ccccc2-c2ccccc21)C(C)CC(=O)O. The fourth-order valence-corrected chi connectivity index (χ4v) is 5.65. The molecule has 35 heavy (non-hydrogen) atoms. The van der Waals surface area contributed by atoms with Crippen molar-refractivity contribution in [1.29, 1.82) is 0 Å². The summed E-state index contributed by atoms with van der Waals surface area (Å²) in [6.07, 6.45) is 2.59. The highest BCUT2D eigenvalue weighted by molar-refractivity contribution is 5.82. The van der Waals surface area contributed by atoms with Crippen LogP contribution < -0.4 is 5.32 Å². The molecule has 0 aliphatic heterocycles. The van der Waals surface area contributed by atoms with Crippen LogP contribution in [0.5, 0.6) is 0 Å². The van der Waals surface area contributed by atoms with Crippen LogP contribution in [0.1, 0.15) is 63.0 Å². The third kappa shape index (κ3) is 5.34. The number of carbonyl (C=O) groups is 3. The van der Waals surface area contributed by atoms with Gasteiger partial charge in [-0.05, 0) is 48.9 Å². The number of amides is 2. The lowest BCUT2D eigenvalue weighted by atomic mass is 9.83. The molecule has 1 saturated carbocycles. The minimum Gasteiger partial charge on any atom is -0.481 e. The maximum atomic E-state index is 13.3. The summed E-state index contributed by atoms with van der Waals surface area (Å²) in [5, 5.41) is 12.1. The van der Waals surface area contributed by atoms with Gasteiger partial charge in [-0.1, -0.05) is 61.4 Å². The highest BCUT2D eigenvalue weighted by Gasteiger charge is 2.36. The van der Waals surface area contributed by atoms with E-state index in [2.05, 4.69) is 29.6 Å². The minimum absolute atomic E-state index is 0.0237. The molecule has 186 valence electrons. The van der Waals surface area contributed by atoms with E-state index in [1.165, 1.54) is 11.1 Å². The van der Waals surface area contributed by atoms with E-state index in [1.54, 1.807) is 11.8 Å². The van der Waals surface area contributed by atoms with Crippen molar-refractivity contribution in [2.45, 2.75) is 64.0 Å². The average molecular weight is 479 g/mol. The number of carboxylic acids is 1. The van der Waals surface area contributed by atoms with Gasteiger partial charge in [0, 0.05) is 24.5 Å². The molecule has 2 aliphatic rings. The van der Waals surface area contributed by atoms with Crippen LogP contribution in [-0.4, -0.2) is 53.2 Å².